The molecule has 0 saturated heterocycles. The molecule has 2 amide bonds. The van der Waals surface area contributed by atoms with Gasteiger partial charge in [-0.2, -0.15) is 4.98 Å². The minimum atomic E-state index is -0.135. The molecule has 4 rings (SSSR count). The van der Waals surface area contributed by atoms with E-state index < -0.39 is 0 Å². The number of rotatable bonds is 8. The summed E-state index contributed by atoms with van der Waals surface area (Å²) in [4.78, 5) is 26.1. The molecule has 28 heavy (non-hydrogen) atoms. The number of urea groups is 1. The number of H-pyrrole nitrogens is 1. The standard InChI is InChI=1S/C19H24N6O3/c1-25(10-8-16-21-14-6-5-13(27-2)11-15(14)22-16)19(26)20-9-7-17-23-18(28-24-17)12-3-4-12/h5-6,11-12H,3-4,7-10H2,1-2H3,(H,20,26)(H,21,22). The molecule has 9 nitrogen and oxygen atoms in total. The molecular weight excluding hydrogens is 360 g/mol. The summed E-state index contributed by atoms with van der Waals surface area (Å²) in [6.45, 7) is 1.02. The normalized spacial score (nSPS) is 13.6. The summed E-state index contributed by atoms with van der Waals surface area (Å²) >= 11 is 0. The van der Waals surface area contributed by atoms with Gasteiger partial charge in [0.2, 0.25) is 5.89 Å². The molecule has 1 saturated carbocycles. The summed E-state index contributed by atoms with van der Waals surface area (Å²) in [5.74, 6) is 3.43. The molecule has 0 unspecified atom stereocenters. The Labute approximate surface area is 162 Å². The van der Waals surface area contributed by atoms with E-state index in [2.05, 4.69) is 25.4 Å². The van der Waals surface area contributed by atoms with Crippen LogP contribution >= 0.6 is 0 Å². The lowest BCUT2D eigenvalue weighted by molar-refractivity contribution is 0.209. The quantitative estimate of drug-likeness (QED) is 0.617. The molecular formula is C19H24N6O3. The number of hydrogen-bond acceptors (Lipinski definition) is 6. The number of benzene rings is 1. The molecule has 2 N–H and O–H groups in total. The van der Waals surface area contributed by atoms with Crippen LogP contribution in [0.3, 0.4) is 0 Å². The topological polar surface area (TPSA) is 109 Å². The molecule has 1 aromatic carbocycles. The number of nitrogens with one attached hydrogen (secondary N) is 2. The summed E-state index contributed by atoms with van der Waals surface area (Å²) in [7, 11) is 3.40. The SMILES string of the molecule is COc1ccc2nc(CCN(C)C(=O)NCCc3noc(C4CC4)n3)[nH]c2c1. The van der Waals surface area contributed by atoms with Crippen molar-refractivity contribution in [2.24, 2.45) is 0 Å². The van der Waals surface area contributed by atoms with Crippen LogP contribution in [-0.4, -0.2) is 58.3 Å². The number of carbonyl (C=O) groups excluding carboxylic acids is 1. The van der Waals surface area contributed by atoms with Crippen LogP contribution < -0.4 is 10.1 Å². The van der Waals surface area contributed by atoms with E-state index in [-0.39, 0.29) is 6.03 Å². The second-order valence-corrected chi connectivity index (χ2v) is 7.04. The van der Waals surface area contributed by atoms with Crippen molar-refractivity contribution in [2.75, 3.05) is 27.2 Å². The van der Waals surface area contributed by atoms with Crippen molar-refractivity contribution in [2.45, 2.75) is 31.6 Å². The molecule has 2 heterocycles. The highest BCUT2D eigenvalue weighted by Crippen LogP contribution is 2.38. The van der Waals surface area contributed by atoms with Crippen molar-refractivity contribution < 1.29 is 14.1 Å². The van der Waals surface area contributed by atoms with Crippen molar-refractivity contribution in [3.8, 4) is 5.75 Å². The molecule has 0 atom stereocenters. The van der Waals surface area contributed by atoms with Gasteiger partial charge in [0, 0.05) is 45.0 Å². The predicted molar refractivity (Wildman–Crippen MR) is 102 cm³/mol. The van der Waals surface area contributed by atoms with Gasteiger partial charge in [0.1, 0.15) is 11.6 Å². The lowest BCUT2D eigenvalue weighted by Gasteiger charge is -2.16. The summed E-state index contributed by atoms with van der Waals surface area (Å²) in [6.07, 6.45) is 3.45. The number of aromatic amines is 1. The maximum Gasteiger partial charge on any atom is 0.317 e. The molecule has 148 valence electrons. The Kier molecular flexibility index (Phi) is 5.14. The first-order valence-corrected chi connectivity index (χ1v) is 9.46. The Hall–Kier alpha value is -3.10. The molecule has 1 aliphatic rings. The minimum Gasteiger partial charge on any atom is -0.497 e. The van der Waals surface area contributed by atoms with E-state index >= 15 is 0 Å². The van der Waals surface area contributed by atoms with Crippen LogP contribution in [0.1, 0.15) is 36.3 Å². The number of nitrogens with zero attached hydrogens (tertiary/aromatic N) is 4. The highest BCUT2D eigenvalue weighted by Gasteiger charge is 2.29. The Morgan fingerprint density at radius 2 is 2.21 bits per heavy atom. The Balaban J connectivity index is 1.22. The summed E-state index contributed by atoms with van der Waals surface area (Å²) in [6, 6.07) is 5.57. The van der Waals surface area contributed by atoms with E-state index in [0.717, 1.165) is 41.3 Å². The van der Waals surface area contributed by atoms with E-state index in [0.29, 0.717) is 37.7 Å². The summed E-state index contributed by atoms with van der Waals surface area (Å²) in [5, 5.41) is 6.84. The lowest BCUT2D eigenvalue weighted by Crippen LogP contribution is -2.39. The van der Waals surface area contributed by atoms with Crippen LogP contribution in [0.15, 0.2) is 22.7 Å². The molecule has 0 bridgehead atoms. The number of amides is 2. The third-order valence-electron chi connectivity index (χ3n) is 4.80. The van der Waals surface area contributed by atoms with Gasteiger partial charge in [-0.3, -0.25) is 0 Å². The predicted octanol–water partition coefficient (Wildman–Crippen LogP) is 2.26. The zero-order valence-corrected chi connectivity index (χ0v) is 16.1. The smallest absolute Gasteiger partial charge is 0.317 e. The highest BCUT2D eigenvalue weighted by atomic mass is 16.5. The number of methoxy groups -OCH3 is 1. The lowest BCUT2D eigenvalue weighted by atomic mass is 10.3. The van der Waals surface area contributed by atoms with Crippen LogP contribution in [0.25, 0.3) is 11.0 Å². The summed E-state index contributed by atoms with van der Waals surface area (Å²) in [5.41, 5.74) is 1.81. The molecule has 0 radical (unpaired) electrons. The first-order valence-electron chi connectivity index (χ1n) is 9.46. The average molecular weight is 384 g/mol. The third-order valence-corrected chi connectivity index (χ3v) is 4.80. The van der Waals surface area contributed by atoms with Gasteiger partial charge < -0.3 is 24.5 Å². The molecule has 1 aliphatic carbocycles. The van der Waals surface area contributed by atoms with Gasteiger partial charge in [-0.25, -0.2) is 9.78 Å². The number of fused-ring (bicyclic) bond motifs is 1. The maximum absolute atomic E-state index is 12.2. The zero-order chi connectivity index (χ0) is 19.5. The third kappa shape index (κ3) is 4.24. The number of hydrogen-bond donors (Lipinski definition) is 2. The Morgan fingerprint density at radius 1 is 1.36 bits per heavy atom. The first-order chi connectivity index (χ1) is 13.6. The van der Waals surface area contributed by atoms with Gasteiger partial charge in [-0.15, -0.1) is 0 Å². The van der Waals surface area contributed by atoms with E-state index in [9.17, 15) is 4.79 Å². The average Bonchev–Trinajstić information content (AvgIpc) is 3.31. The molecule has 0 spiro atoms. The van der Waals surface area contributed by atoms with Gasteiger partial charge in [-0.05, 0) is 25.0 Å². The fraction of sp³-hybridized carbons (Fsp3) is 0.474. The molecule has 0 aliphatic heterocycles. The van der Waals surface area contributed by atoms with Crippen molar-refractivity contribution in [1.29, 1.82) is 0 Å². The first kappa shape index (κ1) is 18.3. The molecule has 9 heteroatoms. The number of carbonyl (C=O) groups is 1. The van der Waals surface area contributed by atoms with Gasteiger partial charge in [0.05, 0.1) is 18.1 Å². The largest absolute Gasteiger partial charge is 0.497 e. The van der Waals surface area contributed by atoms with Crippen molar-refractivity contribution in [3.63, 3.8) is 0 Å². The van der Waals surface area contributed by atoms with Gasteiger partial charge >= 0.3 is 6.03 Å². The number of likely N-dealkylation sites (N-methyl/N-ethyl adjacent to an activating group) is 1. The molecule has 2 aromatic heterocycles. The fourth-order valence-electron chi connectivity index (χ4n) is 2.94. The Bertz CT molecular complexity index is 962. The van der Waals surface area contributed by atoms with Crippen LogP contribution in [0, 0.1) is 0 Å². The van der Waals surface area contributed by atoms with E-state index in [4.69, 9.17) is 9.26 Å². The van der Waals surface area contributed by atoms with Gasteiger partial charge in [0.25, 0.3) is 0 Å². The maximum atomic E-state index is 12.2. The number of ether oxygens (including phenoxy) is 1. The molecule has 3 aromatic rings. The van der Waals surface area contributed by atoms with Gasteiger partial charge in [-0.1, -0.05) is 5.16 Å². The molecule has 1 fully saturated rings. The van der Waals surface area contributed by atoms with Crippen LogP contribution in [0.2, 0.25) is 0 Å². The van der Waals surface area contributed by atoms with Crippen molar-refractivity contribution >= 4 is 17.1 Å². The van der Waals surface area contributed by atoms with Crippen LogP contribution in [-0.2, 0) is 12.8 Å². The second-order valence-electron chi connectivity index (χ2n) is 7.04. The van der Waals surface area contributed by atoms with Crippen molar-refractivity contribution in [3.05, 3.63) is 35.7 Å². The fourth-order valence-corrected chi connectivity index (χ4v) is 2.94. The second kappa shape index (κ2) is 7.87. The van der Waals surface area contributed by atoms with Gasteiger partial charge in [0.15, 0.2) is 5.82 Å². The summed E-state index contributed by atoms with van der Waals surface area (Å²) < 4.78 is 10.4. The van der Waals surface area contributed by atoms with Crippen molar-refractivity contribution in [1.82, 2.24) is 30.3 Å². The monoisotopic (exact) mass is 384 g/mol. The number of aromatic nitrogens is 4. The zero-order valence-electron chi connectivity index (χ0n) is 16.1. The van der Waals surface area contributed by atoms with Crippen LogP contribution in [0.4, 0.5) is 4.79 Å². The van der Waals surface area contributed by atoms with E-state index in [1.54, 1.807) is 19.1 Å². The Morgan fingerprint density at radius 3 is 3.00 bits per heavy atom. The van der Waals surface area contributed by atoms with E-state index in [1.165, 1.54) is 0 Å². The highest BCUT2D eigenvalue weighted by molar-refractivity contribution is 5.77. The van der Waals surface area contributed by atoms with E-state index in [1.807, 2.05) is 18.2 Å². The number of imidazole rings is 1. The minimum absolute atomic E-state index is 0.135. The van der Waals surface area contributed by atoms with Crippen LogP contribution in [0.5, 0.6) is 5.75 Å².